The number of allylic oxidation sites excluding steroid dienone is 1. The molecule has 17 heavy (non-hydrogen) atoms. The number of carboxylic acids is 1. The number of rotatable bonds is 5. The Kier molecular flexibility index (Phi) is 4.45. The smallest absolute Gasteiger partial charge is 0.325 e. The number of aromatic nitrogens is 2. The van der Waals surface area contributed by atoms with Gasteiger partial charge >= 0.3 is 5.97 Å². The first-order valence-corrected chi connectivity index (χ1v) is 5.25. The molecule has 0 bridgehead atoms. The molecule has 0 aliphatic carbocycles. The fraction of sp³-hybridized carbons (Fsp3) is 0.364. The van der Waals surface area contributed by atoms with Crippen molar-refractivity contribution in [3.8, 4) is 0 Å². The molecule has 1 amide bonds. The van der Waals surface area contributed by atoms with Gasteiger partial charge in [0.2, 0.25) is 0 Å². The highest BCUT2D eigenvalue weighted by Gasteiger charge is 2.07. The average molecular weight is 237 g/mol. The topological polar surface area (TPSA) is 84.2 Å². The van der Waals surface area contributed by atoms with Crippen LogP contribution in [0, 0.1) is 0 Å². The van der Waals surface area contributed by atoms with Crippen molar-refractivity contribution >= 4 is 17.6 Å². The Morgan fingerprint density at radius 1 is 1.59 bits per heavy atom. The van der Waals surface area contributed by atoms with Gasteiger partial charge in [-0.3, -0.25) is 14.3 Å². The molecule has 2 N–H and O–H groups in total. The normalized spacial score (nSPS) is 11.3. The molecule has 0 fully saturated rings. The molecule has 1 aromatic rings. The van der Waals surface area contributed by atoms with Crippen LogP contribution >= 0.6 is 0 Å². The summed E-state index contributed by atoms with van der Waals surface area (Å²) < 4.78 is 1.25. The highest BCUT2D eigenvalue weighted by Crippen LogP contribution is 2.07. The molecule has 0 aliphatic heterocycles. The van der Waals surface area contributed by atoms with Crippen LogP contribution in [0.5, 0.6) is 0 Å². The molecule has 0 atom stereocenters. The van der Waals surface area contributed by atoms with Crippen molar-refractivity contribution in [1.82, 2.24) is 9.78 Å². The van der Waals surface area contributed by atoms with Gasteiger partial charge in [-0.1, -0.05) is 13.0 Å². The Bertz CT molecular complexity index is 449. The lowest BCUT2D eigenvalue weighted by Crippen LogP contribution is -2.12. The van der Waals surface area contributed by atoms with Crippen molar-refractivity contribution in [1.29, 1.82) is 0 Å². The van der Waals surface area contributed by atoms with Crippen molar-refractivity contribution in [2.24, 2.45) is 0 Å². The first-order valence-electron chi connectivity index (χ1n) is 5.25. The van der Waals surface area contributed by atoms with E-state index in [0.717, 1.165) is 6.42 Å². The summed E-state index contributed by atoms with van der Waals surface area (Å²) in [4.78, 5) is 22.0. The van der Waals surface area contributed by atoms with Gasteiger partial charge in [0.05, 0.1) is 11.9 Å². The molecule has 0 spiro atoms. The summed E-state index contributed by atoms with van der Waals surface area (Å²) in [5, 5.41) is 15.0. The fourth-order valence-electron chi connectivity index (χ4n) is 1.28. The molecule has 1 aromatic heterocycles. The quantitative estimate of drug-likeness (QED) is 0.755. The van der Waals surface area contributed by atoms with Crippen LogP contribution in [0.1, 0.15) is 20.3 Å². The van der Waals surface area contributed by atoms with Gasteiger partial charge in [0.25, 0.3) is 5.91 Å². The summed E-state index contributed by atoms with van der Waals surface area (Å²) in [5.74, 6) is -1.19. The number of amides is 1. The first-order chi connectivity index (χ1) is 8.02. The Labute approximate surface area is 98.9 Å². The van der Waals surface area contributed by atoms with E-state index in [2.05, 4.69) is 10.4 Å². The molecule has 0 aliphatic rings. The van der Waals surface area contributed by atoms with Gasteiger partial charge in [-0.05, 0) is 13.3 Å². The Morgan fingerprint density at radius 3 is 2.88 bits per heavy atom. The van der Waals surface area contributed by atoms with Crippen LogP contribution in [-0.4, -0.2) is 26.8 Å². The van der Waals surface area contributed by atoms with Crippen LogP contribution in [0.2, 0.25) is 0 Å². The predicted octanol–water partition coefficient (Wildman–Crippen LogP) is 1.26. The summed E-state index contributed by atoms with van der Waals surface area (Å²) in [6, 6.07) is 0. The Morgan fingerprint density at radius 2 is 2.29 bits per heavy atom. The van der Waals surface area contributed by atoms with Crippen molar-refractivity contribution < 1.29 is 14.7 Å². The van der Waals surface area contributed by atoms with Crippen LogP contribution in [0.15, 0.2) is 24.0 Å². The maximum atomic E-state index is 11.6. The second-order valence-electron chi connectivity index (χ2n) is 3.57. The zero-order valence-corrected chi connectivity index (χ0v) is 9.80. The molecule has 0 radical (unpaired) electrons. The minimum atomic E-state index is -0.979. The van der Waals surface area contributed by atoms with Gasteiger partial charge in [0, 0.05) is 11.8 Å². The third-order valence-corrected chi connectivity index (χ3v) is 2.06. The average Bonchev–Trinajstić information content (AvgIpc) is 2.64. The first kappa shape index (κ1) is 13.0. The van der Waals surface area contributed by atoms with Crippen molar-refractivity contribution in [2.45, 2.75) is 26.8 Å². The van der Waals surface area contributed by atoms with Crippen LogP contribution in [-0.2, 0) is 16.1 Å². The van der Waals surface area contributed by atoms with E-state index in [-0.39, 0.29) is 12.5 Å². The highest BCUT2D eigenvalue weighted by atomic mass is 16.4. The van der Waals surface area contributed by atoms with Crippen LogP contribution < -0.4 is 5.32 Å². The number of nitrogens with one attached hydrogen (secondary N) is 1. The second-order valence-corrected chi connectivity index (χ2v) is 3.57. The highest BCUT2D eigenvalue weighted by molar-refractivity contribution is 6.03. The predicted molar refractivity (Wildman–Crippen MR) is 62.5 cm³/mol. The number of carbonyl (C=O) groups excluding carboxylic acids is 1. The van der Waals surface area contributed by atoms with Crippen molar-refractivity contribution in [3.63, 3.8) is 0 Å². The minimum absolute atomic E-state index is 0.207. The van der Waals surface area contributed by atoms with E-state index < -0.39 is 5.97 Å². The van der Waals surface area contributed by atoms with E-state index in [1.165, 1.54) is 17.1 Å². The lowest BCUT2D eigenvalue weighted by atomic mass is 10.2. The number of hydrogen-bond donors (Lipinski definition) is 2. The fourth-order valence-corrected chi connectivity index (χ4v) is 1.28. The van der Waals surface area contributed by atoms with Crippen molar-refractivity contribution in [3.05, 3.63) is 24.0 Å². The molecule has 1 heterocycles. The molecule has 92 valence electrons. The maximum Gasteiger partial charge on any atom is 0.325 e. The number of aliphatic carboxylic acids is 1. The standard InChI is InChI=1S/C11H15N3O3/c1-3-4-8(2)11(17)13-9-5-12-14(6-9)7-10(15)16/h4-6H,3,7H2,1-2H3,(H,13,17)(H,15,16)/b8-4+. The van der Waals surface area contributed by atoms with Crippen LogP contribution in [0.4, 0.5) is 5.69 Å². The van der Waals surface area contributed by atoms with E-state index in [9.17, 15) is 9.59 Å². The zero-order valence-electron chi connectivity index (χ0n) is 9.80. The Balaban J connectivity index is 2.63. The monoisotopic (exact) mass is 237 g/mol. The summed E-state index contributed by atoms with van der Waals surface area (Å²) in [6.07, 6.45) is 5.50. The molecule has 0 aromatic carbocycles. The molecule has 0 unspecified atom stereocenters. The number of carboxylic acid groups (broad SMARTS) is 1. The third-order valence-electron chi connectivity index (χ3n) is 2.06. The second kappa shape index (κ2) is 5.83. The number of nitrogens with zero attached hydrogens (tertiary/aromatic N) is 2. The number of anilines is 1. The van der Waals surface area contributed by atoms with Gasteiger partial charge in [-0.25, -0.2) is 0 Å². The molecular weight excluding hydrogens is 222 g/mol. The molecule has 0 saturated heterocycles. The lowest BCUT2D eigenvalue weighted by Gasteiger charge is -2.01. The van der Waals surface area contributed by atoms with E-state index in [1.54, 1.807) is 6.92 Å². The van der Waals surface area contributed by atoms with Gasteiger partial charge < -0.3 is 10.4 Å². The van der Waals surface area contributed by atoms with Gasteiger partial charge in [0.15, 0.2) is 0 Å². The van der Waals surface area contributed by atoms with E-state index in [4.69, 9.17) is 5.11 Å². The molecule has 6 heteroatoms. The zero-order chi connectivity index (χ0) is 12.8. The van der Waals surface area contributed by atoms with Crippen molar-refractivity contribution in [2.75, 3.05) is 5.32 Å². The van der Waals surface area contributed by atoms with Crippen LogP contribution in [0.3, 0.4) is 0 Å². The molecule has 1 rings (SSSR count). The number of carbonyl (C=O) groups is 2. The maximum absolute atomic E-state index is 11.6. The molecular formula is C11H15N3O3. The van der Waals surface area contributed by atoms with Gasteiger partial charge in [0.1, 0.15) is 6.54 Å². The largest absolute Gasteiger partial charge is 0.480 e. The molecule has 0 saturated carbocycles. The summed E-state index contributed by atoms with van der Waals surface area (Å²) in [6.45, 7) is 3.45. The lowest BCUT2D eigenvalue weighted by molar-refractivity contribution is -0.137. The van der Waals surface area contributed by atoms with Gasteiger partial charge in [-0.2, -0.15) is 5.10 Å². The summed E-state index contributed by atoms with van der Waals surface area (Å²) in [7, 11) is 0. The third kappa shape index (κ3) is 4.10. The Hall–Kier alpha value is -2.11. The minimum Gasteiger partial charge on any atom is -0.480 e. The summed E-state index contributed by atoms with van der Waals surface area (Å²) >= 11 is 0. The van der Waals surface area contributed by atoms with E-state index in [1.807, 2.05) is 13.0 Å². The van der Waals surface area contributed by atoms with Crippen LogP contribution in [0.25, 0.3) is 0 Å². The summed E-state index contributed by atoms with van der Waals surface area (Å²) in [5.41, 5.74) is 1.11. The van der Waals surface area contributed by atoms with E-state index >= 15 is 0 Å². The molecule has 6 nitrogen and oxygen atoms in total. The van der Waals surface area contributed by atoms with E-state index in [0.29, 0.717) is 11.3 Å². The van der Waals surface area contributed by atoms with Gasteiger partial charge in [-0.15, -0.1) is 0 Å². The SMILES string of the molecule is CC/C=C(\C)C(=O)Nc1cnn(CC(=O)O)c1. The number of hydrogen-bond acceptors (Lipinski definition) is 3.